The van der Waals surface area contributed by atoms with Crippen molar-refractivity contribution < 1.29 is 91.9 Å². The van der Waals surface area contributed by atoms with E-state index in [0.717, 1.165) is 11.1 Å². The van der Waals surface area contributed by atoms with Crippen LogP contribution in [0.2, 0.25) is 0 Å². The van der Waals surface area contributed by atoms with Crippen LogP contribution in [0.15, 0.2) is 61.1 Å². The number of nitrogens with zero attached hydrogens (tertiary/aromatic N) is 3. The molecule has 0 spiro atoms. The van der Waals surface area contributed by atoms with Gasteiger partial charge in [-0.3, -0.25) is 34.3 Å². The molecule has 3 aromatic rings. The molecule has 472 valence electrons. The summed E-state index contributed by atoms with van der Waals surface area (Å²) in [7, 11) is -2.94. The van der Waals surface area contributed by atoms with Gasteiger partial charge >= 0.3 is 19.6 Å². The Kier molecular flexibility index (Phi) is 30.0. The van der Waals surface area contributed by atoms with Crippen LogP contribution in [0.5, 0.6) is 0 Å². The first-order chi connectivity index (χ1) is 40.8. The number of aliphatic hydroxyl groups excluding tert-OH is 1. The molecule has 6 atom stereocenters. The van der Waals surface area contributed by atoms with E-state index < -0.39 is 92.1 Å². The minimum atomic E-state index is -4.60. The second-order valence-electron chi connectivity index (χ2n) is 21.2. The van der Waals surface area contributed by atoms with Gasteiger partial charge in [0.1, 0.15) is 36.8 Å². The van der Waals surface area contributed by atoms with Gasteiger partial charge in [0.05, 0.1) is 105 Å². The maximum atomic E-state index is 14.1. The maximum Gasteiger partial charge on any atom is 0.407 e. The number of aryl methyl sites for hydroxylation is 1. The molecular formula is C57H87N9O18P+. The molecule has 28 heteroatoms. The lowest BCUT2D eigenvalue weighted by Gasteiger charge is -2.28. The number of ether oxygens (including phenoxy) is 7. The van der Waals surface area contributed by atoms with Crippen LogP contribution in [-0.2, 0) is 80.0 Å². The van der Waals surface area contributed by atoms with Crippen molar-refractivity contribution in [1.82, 2.24) is 41.0 Å². The number of fused-ring (bicyclic) bond motifs is 3. The first kappa shape index (κ1) is 69.5. The van der Waals surface area contributed by atoms with E-state index in [-0.39, 0.29) is 63.4 Å². The molecule has 1 aliphatic heterocycles. The zero-order chi connectivity index (χ0) is 61.7. The van der Waals surface area contributed by atoms with Gasteiger partial charge in [-0.15, -0.1) is 0 Å². The molecule has 11 N–H and O–H groups in total. The number of quaternary nitrogens is 1. The van der Waals surface area contributed by atoms with E-state index in [1.165, 1.54) is 35.5 Å². The van der Waals surface area contributed by atoms with E-state index >= 15 is 0 Å². The highest BCUT2D eigenvalue weighted by atomic mass is 31.2. The standard InChI is InChI=1S/C57H86N9O18P/c1-38(2)15-16-46(53(70)62-47(32-40-33-59-37-65(40)4)54(71)63-48(34-67)55(72)64-51(52(58)69)39(3)36-85(75,76)77)61-56(73)49-14-9-19-66(49)50(68)17-20-78-22-24-80-26-28-82-30-31-83-29-27-81-25-23-79-21-18-60-57(74)84-35-45-43-12-7-5-10-41(43)42-11-6-8-13-44(42)45/h5-8,10-13,33,37-39,45-49,51,67H,9,14-32,34-36H2,1-4H3,(H2,58,69)(H,60,74)(H,61,73)(H,62,70)(H,63,71)(H,64,72)(H2,75,76,77)/p+1. The summed E-state index contributed by atoms with van der Waals surface area (Å²) in [5.74, 6) is -5.35. The summed E-state index contributed by atoms with van der Waals surface area (Å²) in [4.78, 5) is 118. The third kappa shape index (κ3) is 23.9. The van der Waals surface area contributed by atoms with Crippen molar-refractivity contribution in [3.05, 3.63) is 77.9 Å². The lowest BCUT2D eigenvalue weighted by atomic mass is 9.98. The molecule has 2 aromatic carbocycles. The third-order valence-corrected chi connectivity index (χ3v) is 15.3. The number of benzene rings is 2. The number of hydrogen-bond acceptors (Lipinski definition) is 17. The fourth-order valence-electron chi connectivity index (χ4n) is 9.77. The molecule has 1 saturated heterocycles. The minimum Gasteiger partial charge on any atom is -0.449 e. The quantitative estimate of drug-likeness (QED) is 0.0265. The number of rotatable bonds is 41. The van der Waals surface area contributed by atoms with Crippen LogP contribution in [0.1, 0.15) is 75.6 Å². The highest BCUT2D eigenvalue weighted by Crippen LogP contribution is 2.44. The second-order valence-corrected chi connectivity index (χ2v) is 22.9. The number of carbonyl (C=O) groups excluding carboxylic acids is 7. The molecule has 6 unspecified atom stereocenters. The number of alkyl carbamates (subject to hydrolysis) is 1. The van der Waals surface area contributed by atoms with E-state index in [9.17, 15) is 53.0 Å². The molecule has 0 bridgehead atoms. The van der Waals surface area contributed by atoms with Gasteiger partial charge in [0.25, 0.3) is 0 Å². The molecule has 0 saturated carbocycles. The summed E-state index contributed by atoms with van der Waals surface area (Å²) in [6.07, 6.45) is 3.15. The summed E-state index contributed by atoms with van der Waals surface area (Å²) >= 11 is 0. The average Bonchev–Trinajstić information content (AvgIpc) is 2.11. The Morgan fingerprint density at radius 1 is 0.706 bits per heavy atom. The van der Waals surface area contributed by atoms with Gasteiger partial charge in [0.15, 0.2) is 0 Å². The van der Waals surface area contributed by atoms with Gasteiger partial charge in [-0.2, -0.15) is 0 Å². The zero-order valence-electron chi connectivity index (χ0n) is 49.1. The highest BCUT2D eigenvalue weighted by molar-refractivity contribution is 7.51. The van der Waals surface area contributed by atoms with Crippen molar-refractivity contribution >= 4 is 49.1 Å². The number of likely N-dealkylation sites (tertiary alicyclic amines) is 1. The van der Waals surface area contributed by atoms with Gasteiger partial charge in [-0.25, -0.2) is 14.6 Å². The number of aliphatic hydroxyl groups is 1. The average molecular weight is 1220 g/mol. The van der Waals surface area contributed by atoms with Crippen molar-refractivity contribution in [3.8, 4) is 11.1 Å². The first-order valence-corrected chi connectivity index (χ1v) is 30.6. The van der Waals surface area contributed by atoms with Crippen molar-refractivity contribution in [2.75, 3.05) is 112 Å². The normalized spacial score (nSPS) is 15.7. The van der Waals surface area contributed by atoms with E-state index in [2.05, 4.69) is 61.6 Å². The number of amides is 7. The molecular weight excluding hydrogens is 1130 g/mol. The molecule has 2 aliphatic rings. The van der Waals surface area contributed by atoms with Crippen LogP contribution < -0.4 is 32.3 Å². The predicted molar refractivity (Wildman–Crippen MR) is 307 cm³/mol. The number of carbonyl (C=O) groups is 7. The molecule has 27 nitrogen and oxygen atoms in total. The number of imidazole rings is 1. The lowest BCUT2D eigenvalue weighted by molar-refractivity contribution is -0.309. The van der Waals surface area contributed by atoms with E-state index in [4.69, 9.17) is 33.2 Å². The largest absolute Gasteiger partial charge is 0.449 e. The summed E-state index contributed by atoms with van der Waals surface area (Å²) in [5.41, 5.74) is 8.42. The summed E-state index contributed by atoms with van der Waals surface area (Å²) < 4.78 is 52.2. The Bertz CT molecular complexity index is 2610. The summed E-state index contributed by atoms with van der Waals surface area (Å²) in [6.45, 7) is 8.94. The molecule has 2 heterocycles. The van der Waals surface area contributed by atoms with Crippen molar-refractivity contribution in [3.63, 3.8) is 0 Å². The number of aromatic nitrogens is 2. The van der Waals surface area contributed by atoms with Crippen LogP contribution in [0.4, 0.5) is 4.79 Å². The SMILES string of the molecule is CC(C)CCC(NC(=O)C1CCCN1C(=O)CCOCCOCCOCCOCCOCCOCCNC(=O)OCC1c2ccccc2-c2ccccc21)C(=O)NC(Cc1cncn1C)C(=O)NC(CO)C(=O)NC(C([NH3+])=O)C(C)CP(=O)(O)O. The fourth-order valence-corrected chi connectivity index (χ4v) is 10.7. The second kappa shape index (κ2) is 36.7. The van der Waals surface area contributed by atoms with Crippen LogP contribution in [0, 0.1) is 11.8 Å². The monoisotopic (exact) mass is 1220 g/mol. The predicted octanol–water partition coefficient (Wildman–Crippen LogP) is -0.0680. The molecule has 0 radical (unpaired) electrons. The molecule has 85 heavy (non-hydrogen) atoms. The molecule has 7 amide bonds. The van der Waals surface area contributed by atoms with E-state index in [1.807, 2.05) is 38.1 Å². The summed E-state index contributed by atoms with van der Waals surface area (Å²) in [5, 5.41) is 23.1. The maximum absolute atomic E-state index is 14.1. The van der Waals surface area contributed by atoms with Gasteiger partial charge in [-0.1, -0.05) is 69.3 Å². The van der Waals surface area contributed by atoms with E-state index in [1.54, 1.807) is 11.6 Å². The highest BCUT2D eigenvalue weighted by Gasteiger charge is 2.38. The smallest absolute Gasteiger partial charge is 0.407 e. The fraction of sp³-hybridized carbons (Fsp3) is 0.614. The van der Waals surface area contributed by atoms with Crippen LogP contribution in [-0.4, -0.2) is 213 Å². The van der Waals surface area contributed by atoms with E-state index in [0.29, 0.717) is 97.5 Å². The Balaban J connectivity index is 0.912. The van der Waals surface area contributed by atoms with Gasteiger partial charge in [-0.05, 0) is 53.9 Å². The minimum absolute atomic E-state index is 0.00447. The number of hydrogen-bond donors (Lipinski definition) is 9. The van der Waals surface area contributed by atoms with Crippen LogP contribution in [0.25, 0.3) is 11.1 Å². The summed E-state index contributed by atoms with van der Waals surface area (Å²) in [6, 6.07) is 9.83. The molecule has 1 aromatic heterocycles. The van der Waals surface area contributed by atoms with Gasteiger partial charge in [0.2, 0.25) is 29.5 Å². The molecule has 5 rings (SSSR count). The lowest BCUT2D eigenvalue weighted by Crippen LogP contribution is -2.69. The van der Waals surface area contributed by atoms with Crippen molar-refractivity contribution in [2.45, 2.75) is 95.4 Å². The zero-order valence-corrected chi connectivity index (χ0v) is 50.0. The van der Waals surface area contributed by atoms with Crippen molar-refractivity contribution in [1.29, 1.82) is 0 Å². The Labute approximate surface area is 495 Å². The Morgan fingerprint density at radius 2 is 1.24 bits per heavy atom. The van der Waals surface area contributed by atoms with Gasteiger partial charge in [0, 0.05) is 50.3 Å². The Morgan fingerprint density at radius 3 is 1.76 bits per heavy atom. The number of nitrogens with one attached hydrogen (secondary N) is 5. The van der Waals surface area contributed by atoms with Crippen molar-refractivity contribution in [2.24, 2.45) is 18.9 Å². The first-order valence-electron chi connectivity index (χ1n) is 28.8. The Hall–Kier alpha value is -6.23. The van der Waals surface area contributed by atoms with Gasteiger partial charge < -0.3 is 84.1 Å². The molecule has 1 fully saturated rings. The van der Waals surface area contributed by atoms with Crippen LogP contribution >= 0.6 is 7.60 Å². The van der Waals surface area contributed by atoms with Crippen LogP contribution in [0.3, 0.4) is 0 Å². The molecule has 1 aliphatic carbocycles. The topological polar surface area (TPSA) is 371 Å². The third-order valence-electron chi connectivity index (χ3n) is 14.2.